The van der Waals surface area contributed by atoms with Gasteiger partial charge in [0.15, 0.2) is 0 Å². The second-order valence-electron chi connectivity index (χ2n) is 16.8. The number of anilines is 3. The third kappa shape index (κ3) is 6.12. The van der Waals surface area contributed by atoms with Gasteiger partial charge in [-0.3, -0.25) is 0 Å². The van der Waals surface area contributed by atoms with Crippen LogP contribution in [-0.4, -0.2) is 0 Å². The molecule has 304 valence electrons. The lowest BCUT2D eigenvalue weighted by Crippen LogP contribution is -2.10. The predicted molar refractivity (Wildman–Crippen MR) is 272 cm³/mol. The molecule has 0 saturated carbocycles. The zero-order valence-corrected chi connectivity index (χ0v) is 35.3. The quantitative estimate of drug-likeness (QED) is 0.150. The first-order chi connectivity index (χ1) is 32.2. The molecular formula is C62H39NO2. The molecule has 0 N–H and O–H groups in total. The van der Waals surface area contributed by atoms with Crippen LogP contribution in [-0.2, 0) is 0 Å². The third-order valence-electron chi connectivity index (χ3n) is 13.1. The standard InChI is InChI=1S/C62H39NO2/c1-3-13-40(14-4-1)41-25-27-44(28-26-41)52-37-38-57(59-55-19-9-10-24-58(55)64-62(52)59)63(48-36-33-46-30-29-43-17-7-8-18-49(43)56(46)39-48)47-34-31-45(32-35-47)51-21-12-23-54-53-22-11-20-50(60(53)65-61(51)54)42-15-5-2-6-16-42/h1-39H. The topological polar surface area (TPSA) is 29.5 Å². The van der Waals surface area contributed by atoms with Crippen LogP contribution in [0.25, 0.3) is 110 Å². The summed E-state index contributed by atoms with van der Waals surface area (Å²) in [5.74, 6) is 0. The number of para-hydroxylation sites is 3. The summed E-state index contributed by atoms with van der Waals surface area (Å²) in [6, 6.07) is 84.5. The lowest BCUT2D eigenvalue weighted by atomic mass is 9.97. The minimum absolute atomic E-state index is 0.853. The fraction of sp³-hybridized carbons (Fsp3) is 0. The van der Waals surface area contributed by atoms with Crippen LogP contribution in [0.2, 0.25) is 0 Å². The van der Waals surface area contributed by atoms with Gasteiger partial charge in [-0.2, -0.15) is 0 Å². The van der Waals surface area contributed by atoms with Crippen LogP contribution >= 0.6 is 0 Å². The molecule has 0 aliphatic carbocycles. The van der Waals surface area contributed by atoms with Gasteiger partial charge in [0.1, 0.15) is 22.3 Å². The highest BCUT2D eigenvalue weighted by molar-refractivity contribution is 6.18. The number of hydrogen-bond acceptors (Lipinski definition) is 3. The summed E-state index contributed by atoms with van der Waals surface area (Å²) in [6.45, 7) is 0. The maximum absolute atomic E-state index is 6.89. The van der Waals surface area contributed by atoms with Crippen molar-refractivity contribution < 1.29 is 8.83 Å². The first-order valence-corrected chi connectivity index (χ1v) is 22.2. The monoisotopic (exact) mass is 829 g/mol. The second-order valence-corrected chi connectivity index (χ2v) is 16.8. The summed E-state index contributed by atoms with van der Waals surface area (Å²) in [4.78, 5) is 2.39. The Kier molecular flexibility index (Phi) is 8.53. The predicted octanol–water partition coefficient (Wildman–Crippen LogP) is 17.9. The van der Waals surface area contributed by atoms with Gasteiger partial charge < -0.3 is 13.7 Å². The molecule has 3 nitrogen and oxygen atoms in total. The molecule has 0 atom stereocenters. The minimum atomic E-state index is 0.853. The number of benzene rings is 11. The van der Waals surface area contributed by atoms with E-state index in [0.717, 1.165) is 94.3 Å². The van der Waals surface area contributed by atoms with Gasteiger partial charge in [-0.1, -0.05) is 194 Å². The van der Waals surface area contributed by atoms with E-state index in [1.54, 1.807) is 0 Å². The molecule has 0 aliphatic rings. The van der Waals surface area contributed by atoms with Crippen molar-refractivity contribution in [3.8, 4) is 44.5 Å². The van der Waals surface area contributed by atoms with Gasteiger partial charge in [0.25, 0.3) is 0 Å². The van der Waals surface area contributed by atoms with E-state index >= 15 is 0 Å². The molecule has 0 spiro atoms. The molecule has 3 heteroatoms. The van der Waals surface area contributed by atoms with E-state index in [2.05, 4.69) is 235 Å². The van der Waals surface area contributed by atoms with Crippen molar-refractivity contribution in [1.29, 1.82) is 0 Å². The van der Waals surface area contributed by atoms with Crippen LogP contribution < -0.4 is 4.90 Å². The molecule has 13 aromatic rings. The first-order valence-electron chi connectivity index (χ1n) is 22.2. The fourth-order valence-electron chi connectivity index (χ4n) is 9.94. The van der Waals surface area contributed by atoms with Crippen molar-refractivity contribution in [2.24, 2.45) is 0 Å². The normalized spacial score (nSPS) is 11.7. The molecule has 0 fully saturated rings. The summed E-state index contributed by atoms with van der Waals surface area (Å²) in [6.07, 6.45) is 0. The molecule has 11 aromatic carbocycles. The van der Waals surface area contributed by atoms with E-state index in [-0.39, 0.29) is 0 Å². The van der Waals surface area contributed by atoms with Gasteiger partial charge in [-0.15, -0.1) is 0 Å². The van der Waals surface area contributed by atoms with Crippen molar-refractivity contribution in [2.45, 2.75) is 0 Å². The van der Waals surface area contributed by atoms with Gasteiger partial charge in [0, 0.05) is 44.2 Å². The van der Waals surface area contributed by atoms with Crippen LogP contribution in [0.1, 0.15) is 0 Å². The highest BCUT2D eigenvalue weighted by Crippen LogP contribution is 2.48. The lowest BCUT2D eigenvalue weighted by molar-refractivity contribution is 0.670. The SMILES string of the molecule is c1ccc(-c2ccc(-c3ccc(N(c4ccc(-c5cccc6c5oc5c(-c7ccccc7)cccc56)cc4)c4ccc5ccc6ccccc6c5c4)c4c3oc3ccccc34)cc2)cc1. The molecule has 2 heterocycles. The molecule has 65 heavy (non-hydrogen) atoms. The highest BCUT2D eigenvalue weighted by Gasteiger charge is 2.23. The zero-order valence-electron chi connectivity index (χ0n) is 35.3. The Hall–Kier alpha value is -8.66. The number of furan rings is 2. The summed E-state index contributed by atoms with van der Waals surface area (Å²) in [7, 11) is 0. The van der Waals surface area contributed by atoms with Crippen LogP contribution in [0, 0.1) is 0 Å². The van der Waals surface area contributed by atoms with Gasteiger partial charge in [0.2, 0.25) is 0 Å². The second kappa shape index (κ2) is 15.0. The third-order valence-corrected chi connectivity index (χ3v) is 13.1. The molecular weight excluding hydrogens is 791 g/mol. The molecule has 0 saturated heterocycles. The van der Waals surface area contributed by atoms with Crippen molar-refractivity contribution >= 4 is 82.5 Å². The van der Waals surface area contributed by atoms with Gasteiger partial charge in [-0.25, -0.2) is 0 Å². The fourth-order valence-corrected chi connectivity index (χ4v) is 9.94. The molecule has 13 rings (SSSR count). The van der Waals surface area contributed by atoms with Crippen LogP contribution in [0.5, 0.6) is 0 Å². The molecule has 0 bridgehead atoms. The smallest absolute Gasteiger partial charge is 0.145 e. The van der Waals surface area contributed by atoms with Crippen LogP contribution in [0.15, 0.2) is 245 Å². The maximum Gasteiger partial charge on any atom is 0.145 e. The van der Waals surface area contributed by atoms with Crippen molar-refractivity contribution in [2.75, 3.05) is 4.90 Å². The van der Waals surface area contributed by atoms with E-state index in [0.29, 0.717) is 0 Å². The minimum Gasteiger partial charge on any atom is -0.455 e. The zero-order chi connectivity index (χ0) is 42.8. The van der Waals surface area contributed by atoms with Crippen LogP contribution in [0.4, 0.5) is 17.1 Å². The summed E-state index contributed by atoms with van der Waals surface area (Å²) in [5, 5.41) is 9.20. The summed E-state index contributed by atoms with van der Waals surface area (Å²) >= 11 is 0. The van der Waals surface area contributed by atoms with Crippen molar-refractivity contribution in [3.05, 3.63) is 237 Å². The molecule has 0 aliphatic heterocycles. The van der Waals surface area contributed by atoms with Crippen LogP contribution in [0.3, 0.4) is 0 Å². The van der Waals surface area contributed by atoms with E-state index in [1.807, 2.05) is 6.07 Å². The van der Waals surface area contributed by atoms with Gasteiger partial charge in [0.05, 0.1) is 11.1 Å². The Bertz CT molecular complexity index is 3920. The largest absolute Gasteiger partial charge is 0.455 e. The summed E-state index contributed by atoms with van der Waals surface area (Å²) in [5.41, 5.74) is 15.5. The number of hydrogen-bond donors (Lipinski definition) is 0. The van der Waals surface area contributed by atoms with E-state index < -0.39 is 0 Å². The van der Waals surface area contributed by atoms with E-state index in [9.17, 15) is 0 Å². The van der Waals surface area contributed by atoms with Gasteiger partial charge in [-0.05, 0) is 91.8 Å². The molecule has 0 unspecified atom stereocenters. The Morgan fingerprint density at radius 2 is 0.769 bits per heavy atom. The Balaban J connectivity index is 0.996. The average molecular weight is 830 g/mol. The molecule has 0 amide bonds. The van der Waals surface area contributed by atoms with Gasteiger partial charge >= 0.3 is 0 Å². The van der Waals surface area contributed by atoms with E-state index in [4.69, 9.17) is 8.83 Å². The average Bonchev–Trinajstić information content (AvgIpc) is 3.97. The lowest BCUT2D eigenvalue weighted by Gasteiger charge is -2.27. The van der Waals surface area contributed by atoms with Crippen molar-refractivity contribution in [1.82, 2.24) is 0 Å². The van der Waals surface area contributed by atoms with E-state index in [1.165, 1.54) is 32.7 Å². The molecule has 2 aromatic heterocycles. The maximum atomic E-state index is 6.89. The number of rotatable bonds is 7. The first kappa shape index (κ1) is 36.9. The number of fused-ring (bicyclic) bond motifs is 9. The number of nitrogens with zero attached hydrogens (tertiary/aromatic N) is 1. The summed E-state index contributed by atoms with van der Waals surface area (Å²) < 4.78 is 13.7. The molecule has 0 radical (unpaired) electrons. The highest BCUT2D eigenvalue weighted by atomic mass is 16.3. The Labute approximate surface area is 375 Å². The Morgan fingerprint density at radius 1 is 0.277 bits per heavy atom. The van der Waals surface area contributed by atoms with Crippen molar-refractivity contribution in [3.63, 3.8) is 0 Å². The Morgan fingerprint density at radius 3 is 1.48 bits per heavy atom.